The average Bonchev–Trinajstić information content (AvgIpc) is 3.12. The van der Waals surface area contributed by atoms with Crippen LogP contribution < -0.4 is 11.1 Å². The molecule has 1 aromatic carbocycles. The first-order chi connectivity index (χ1) is 11.9. The van der Waals surface area contributed by atoms with E-state index in [1.165, 1.54) is 4.57 Å². The maximum Gasteiger partial charge on any atom is 0.316 e. The van der Waals surface area contributed by atoms with Crippen LogP contribution in [-0.2, 0) is 14.1 Å². The molecule has 0 spiro atoms. The summed E-state index contributed by atoms with van der Waals surface area (Å²) in [6.07, 6.45) is 4.00. The SMILES string of the molecule is CO.CO.Cc1ccc2c([nH]c(=O)c(=O)n2C)c1C.Cn1cccc1. The summed E-state index contributed by atoms with van der Waals surface area (Å²) in [4.78, 5) is 25.3. The summed E-state index contributed by atoms with van der Waals surface area (Å²) in [6, 6.07) is 7.78. The van der Waals surface area contributed by atoms with Crippen molar-refractivity contribution in [2.24, 2.45) is 14.1 Å². The van der Waals surface area contributed by atoms with Gasteiger partial charge >= 0.3 is 11.1 Å². The van der Waals surface area contributed by atoms with Gasteiger partial charge in [0.05, 0.1) is 11.0 Å². The third-order valence-corrected chi connectivity index (χ3v) is 3.57. The normalized spacial score (nSPS) is 9.12. The summed E-state index contributed by atoms with van der Waals surface area (Å²) in [7, 11) is 5.61. The van der Waals surface area contributed by atoms with E-state index in [1.54, 1.807) is 7.05 Å². The third kappa shape index (κ3) is 5.74. The van der Waals surface area contributed by atoms with Gasteiger partial charge in [-0.2, -0.15) is 0 Å². The summed E-state index contributed by atoms with van der Waals surface area (Å²) < 4.78 is 3.38. The van der Waals surface area contributed by atoms with Crippen LogP contribution in [0.2, 0.25) is 0 Å². The first kappa shape index (κ1) is 22.4. The molecule has 0 radical (unpaired) electrons. The number of aryl methyl sites for hydroxylation is 4. The number of nitrogens with one attached hydrogen (secondary N) is 1. The van der Waals surface area contributed by atoms with Gasteiger partial charge in [-0.1, -0.05) is 6.07 Å². The average molecular weight is 349 g/mol. The Morgan fingerprint density at radius 1 is 0.920 bits per heavy atom. The smallest absolute Gasteiger partial charge is 0.316 e. The third-order valence-electron chi connectivity index (χ3n) is 3.57. The van der Waals surface area contributed by atoms with Crippen molar-refractivity contribution in [3.63, 3.8) is 0 Å². The number of aliphatic hydroxyl groups excluding tert-OH is 2. The minimum atomic E-state index is -0.571. The predicted molar refractivity (Wildman–Crippen MR) is 101 cm³/mol. The zero-order valence-corrected chi connectivity index (χ0v) is 15.6. The van der Waals surface area contributed by atoms with Crippen molar-refractivity contribution < 1.29 is 10.2 Å². The number of hydrogen-bond donors (Lipinski definition) is 3. The van der Waals surface area contributed by atoms with Gasteiger partial charge in [0.15, 0.2) is 0 Å². The number of aromatic nitrogens is 3. The molecule has 0 unspecified atom stereocenters. The number of aromatic amines is 1. The highest BCUT2D eigenvalue weighted by Crippen LogP contribution is 2.16. The Hall–Kier alpha value is -2.64. The quantitative estimate of drug-likeness (QED) is 0.529. The first-order valence-corrected chi connectivity index (χ1v) is 7.57. The van der Waals surface area contributed by atoms with Crippen molar-refractivity contribution in [2.75, 3.05) is 14.2 Å². The molecule has 0 amide bonds. The molecule has 7 nitrogen and oxygen atoms in total. The van der Waals surface area contributed by atoms with Crippen molar-refractivity contribution in [1.29, 1.82) is 0 Å². The minimum absolute atomic E-state index is 0.522. The van der Waals surface area contributed by atoms with Crippen LogP contribution in [0, 0.1) is 13.8 Å². The van der Waals surface area contributed by atoms with Crippen LogP contribution in [0.1, 0.15) is 11.1 Å². The van der Waals surface area contributed by atoms with Gasteiger partial charge in [-0.05, 0) is 43.2 Å². The molecule has 0 atom stereocenters. The van der Waals surface area contributed by atoms with Crippen molar-refractivity contribution in [3.05, 3.63) is 68.5 Å². The van der Waals surface area contributed by atoms with Crippen molar-refractivity contribution in [3.8, 4) is 0 Å². The number of rotatable bonds is 0. The number of aliphatic hydroxyl groups is 2. The molecule has 7 heteroatoms. The van der Waals surface area contributed by atoms with E-state index in [2.05, 4.69) is 4.98 Å². The van der Waals surface area contributed by atoms with Gasteiger partial charge < -0.3 is 24.3 Å². The predicted octanol–water partition coefficient (Wildman–Crippen LogP) is 1.09. The van der Waals surface area contributed by atoms with E-state index < -0.39 is 11.1 Å². The van der Waals surface area contributed by atoms with Crippen LogP contribution in [0.3, 0.4) is 0 Å². The maximum atomic E-state index is 11.4. The molecule has 3 aromatic rings. The Labute approximate surface area is 146 Å². The second-order valence-corrected chi connectivity index (χ2v) is 5.07. The van der Waals surface area contributed by atoms with Gasteiger partial charge in [-0.3, -0.25) is 9.59 Å². The largest absolute Gasteiger partial charge is 0.400 e. The molecule has 0 fully saturated rings. The molecule has 2 heterocycles. The van der Waals surface area contributed by atoms with Crippen LogP contribution in [-0.4, -0.2) is 38.6 Å². The molecule has 0 saturated carbocycles. The van der Waals surface area contributed by atoms with Crippen LogP contribution in [0.25, 0.3) is 11.0 Å². The minimum Gasteiger partial charge on any atom is -0.400 e. The van der Waals surface area contributed by atoms with E-state index >= 15 is 0 Å². The summed E-state index contributed by atoms with van der Waals surface area (Å²) in [5.41, 5.74) is 2.49. The Morgan fingerprint density at radius 2 is 1.44 bits per heavy atom. The van der Waals surface area contributed by atoms with Crippen LogP contribution in [0.4, 0.5) is 0 Å². The Bertz CT molecular complexity index is 878. The van der Waals surface area contributed by atoms with Crippen LogP contribution >= 0.6 is 0 Å². The number of H-pyrrole nitrogens is 1. The molecular weight excluding hydrogens is 322 g/mol. The summed E-state index contributed by atoms with van der Waals surface area (Å²) >= 11 is 0. The Balaban J connectivity index is 0.000000481. The van der Waals surface area contributed by atoms with Gasteiger partial charge in [0.2, 0.25) is 0 Å². The molecule has 0 aliphatic heterocycles. The monoisotopic (exact) mass is 349 g/mol. The van der Waals surface area contributed by atoms with Crippen LogP contribution in [0.5, 0.6) is 0 Å². The van der Waals surface area contributed by atoms with Gasteiger partial charge in [0, 0.05) is 40.7 Å². The van der Waals surface area contributed by atoms with E-state index in [0.29, 0.717) is 0 Å². The summed E-state index contributed by atoms with van der Waals surface area (Å²) in [5, 5.41) is 14.0. The lowest BCUT2D eigenvalue weighted by molar-refractivity contribution is 0.399. The lowest BCUT2D eigenvalue weighted by Crippen LogP contribution is -2.35. The van der Waals surface area contributed by atoms with Crippen LogP contribution in [0.15, 0.2) is 46.2 Å². The standard InChI is InChI=1S/C11H12N2O2.C5H7N.2CH4O/c1-6-4-5-8-9(7(6)2)12-10(14)11(15)13(8)3;1-6-4-2-3-5-6;2*1-2/h4-5H,1-3H3,(H,12,14);2-5H,1H3;2*2H,1H3. The number of benzene rings is 1. The molecule has 2 aromatic heterocycles. The topological polar surface area (TPSA) is 100 Å². The maximum absolute atomic E-state index is 11.4. The molecule has 0 aliphatic rings. The van der Waals surface area contributed by atoms with Crippen molar-refractivity contribution in [2.45, 2.75) is 13.8 Å². The molecule has 0 aliphatic carbocycles. The lowest BCUT2D eigenvalue weighted by atomic mass is 10.1. The molecule has 25 heavy (non-hydrogen) atoms. The number of hydrogen-bond acceptors (Lipinski definition) is 4. The zero-order valence-electron chi connectivity index (χ0n) is 15.6. The highest BCUT2D eigenvalue weighted by atomic mass is 16.2. The Kier molecular flexibility index (Phi) is 9.85. The van der Waals surface area contributed by atoms with Gasteiger partial charge in [0.1, 0.15) is 0 Å². The second-order valence-electron chi connectivity index (χ2n) is 5.07. The van der Waals surface area contributed by atoms with E-state index in [4.69, 9.17) is 10.2 Å². The highest BCUT2D eigenvalue weighted by Gasteiger charge is 2.06. The van der Waals surface area contributed by atoms with Gasteiger partial charge in [-0.15, -0.1) is 0 Å². The fourth-order valence-electron chi connectivity index (χ4n) is 2.09. The van der Waals surface area contributed by atoms with E-state index in [1.807, 2.05) is 62.1 Å². The molecular formula is C18H27N3O4. The zero-order chi connectivity index (χ0) is 19.6. The molecule has 3 rings (SSSR count). The van der Waals surface area contributed by atoms with E-state index in [9.17, 15) is 9.59 Å². The second kappa shape index (κ2) is 11.0. The summed E-state index contributed by atoms with van der Waals surface area (Å²) in [6.45, 7) is 3.90. The highest BCUT2D eigenvalue weighted by molar-refractivity contribution is 5.79. The number of nitrogens with zero attached hydrogens (tertiary/aromatic N) is 2. The van der Waals surface area contributed by atoms with Gasteiger partial charge in [-0.25, -0.2) is 0 Å². The fraction of sp³-hybridized carbons (Fsp3) is 0.333. The number of fused-ring (bicyclic) bond motifs is 1. The molecule has 3 N–H and O–H groups in total. The van der Waals surface area contributed by atoms with E-state index in [-0.39, 0.29) is 0 Å². The molecule has 138 valence electrons. The van der Waals surface area contributed by atoms with Crippen molar-refractivity contribution >= 4 is 11.0 Å². The van der Waals surface area contributed by atoms with Crippen molar-refractivity contribution in [1.82, 2.24) is 14.1 Å². The van der Waals surface area contributed by atoms with Gasteiger partial charge in [0.25, 0.3) is 0 Å². The Morgan fingerprint density at radius 3 is 1.88 bits per heavy atom. The molecule has 0 saturated heterocycles. The first-order valence-electron chi connectivity index (χ1n) is 7.57. The fourth-order valence-corrected chi connectivity index (χ4v) is 2.09. The summed E-state index contributed by atoms with van der Waals surface area (Å²) in [5.74, 6) is 0. The molecule has 0 bridgehead atoms. The van der Waals surface area contributed by atoms with E-state index in [0.717, 1.165) is 36.4 Å². The lowest BCUT2D eigenvalue weighted by Gasteiger charge is -2.08.